The summed E-state index contributed by atoms with van der Waals surface area (Å²) >= 11 is 1.02. The Bertz CT molecular complexity index is 2490. The fourth-order valence-corrected chi connectivity index (χ4v) is 10.7. The van der Waals surface area contributed by atoms with E-state index in [9.17, 15) is 57.9 Å². The summed E-state index contributed by atoms with van der Waals surface area (Å²) in [5.74, 6) is -1.20. The number of imidazole rings is 1. The van der Waals surface area contributed by atoms with Gasteiger partial charge in [-0.25, -0.2) is 28.6 Å². The number of allylic oxidation sites excluding steroid dienone is 9. The smallest absolute Gasteiger partial charge is 0.386 e. The second kappa shape index (κ2) is 24.6. The van der Waals surface area contributed by atoms with E-state index in [0.717, 1.165) is 53.0 Å². The van der Waals surface area contributed by atoms with Crippen LogP contribution in [0.3, 0.4) is 0 Å². The lowest BCUT2D eigenvalue weighted by Gasteiger charge is -2.32. The number of anilines is 1. The molecular weight excluding hydrogens is 987 g/mol. The summed E-state index contributed by atoms with van der Waals surface area (Å²) in [6.45, 7) is 11.0. The summed E-state index contributed by atoms with van der Waals surface area (Å²) in [6.07, 6.45) is 8.03. The summed E-state index contributed by atoms with van der Waals surface area (Å²) < 4.78 is 62.5. The second-order valence-corrected chi connectivity index (χ2v) is 23.0. The number of phosphoric ester groups is 3. The predicted molar refractivity (Wildman–Crippen MR) is 253 cm³/mol. The molecule has 0 aromatic carbocycles. The summed E-state index contributed by atoms with van der Waals surface area (Å²) in [6, 6.07) is 0. The van der Waals surface area contributed by atoms with Gasteiger partial charge in [0.1, 0.15) is 36.3 Å². The lowest BCUT2D eigenvalue weighted by molar-refractivity contribution is -0.137. The van der Waals surface area contributed by atoms with Gasteiger partial charge in [-0.15, -0.1) is 0 Å². The van der Waals surface area contributed by atoms with Crippen LogP contribution in [0.5, 0.6) is 0 Å². The molecule has 384 valence electrons. The third kappa shape index (κ3) is 17.8. The van der Waals surface area contributed by atoms with E-state index in [4.69, 9.17) is 19.5 Å². The Morgan fingerprint density at radius 3 is 2.42 bits per heavy atom. The highest BCUT2D eigenvalue weighted by Crippen LogP contribution is 2.61. The Morgan fingerprint density at radius 1 is 1.04 bits per heavy atom. The van der Waals surface area contributed by atoms with Crippen molar-refractivity contribution in [3.8, 4) is 0 Å². The zero-order chi connectivity index (χ0) is 51.5. The number of nitrogens with zero attached hydrogens (tertiary/aromatic N) is 4. The van der Waals surface area contributed by atoms with E-state index in [1.165, 1.54) is 37.5 Å². The molecule has 28 heteroatoms. The number of nitrogens with one attached hydrogen (secondary N) is 2. The van der Waals surface area contributed by atoms with Crippen molar-refractivity contribution in [2.75, 3.05) is 37.8 Å². The highest BCUT2D eigenvalue weighted by atomic mass is 32.2. The van der Waals surface area contributed by atoms with Crippen molar-refractivity contribution < 1.29 is 80.5 Å². The zero-order valence-electron chi connectivity index (χ0n) is 39.2. The van der Waals surface area contributed by atoms with Crippen LogP contribution in [0.15, 0.2) is 71.4 Å². The molecule has 10 N–H and O–H groups in total. The van der Waals surface area contributed by atoms with Gasteiger partial charge >= 0.3 is 23.5 Å². The molecule has 0 bridgehead atoms. The SMILES string of the molecule is CC1=C(/C=C/C(C)=C/C=C/C(C)=C/C(=O)SCCNC(=O)CCNC(=O)C(O)C(C)(C)COP(=O)(O)OP(=O)(O)OCC2OC(n3cnc4c(N)ncnc43)C(O)C2OP(=O)(O)O)C(C)(C)CCC1. The minimum atomic E-state index is -5.59. The van der Waals surface area contributed by atoms with E-state index in [0.29, 0.717) is 0 Å². The molecule has 7 unspecified atom stereocenters. The Morgan fingerprint density at radius 2 is 1.74 bits per heavy atom. The van der Waals surface area contributed by atoms with Crippen LogP contribution < -0.4 is 16.4 Å². The number of rotatable bonds is 24. The van der Waals surface area contributed by atoms with Gasteiger partial charge in [0.05, 0.1) is 19.5 Å². The largest absolute Gasteiger partial charge is 0.481 e. The number of hydrogen-bond donors (Lipinski definition) is 9. The van der Waals surface area contributed by atoms with Crippen LogP contribution in [-0.2, 0) is 50.7 Å². The molecule has 7 atom stereocenters. The van der Waals surface area contributed by atoms with Crippen LogP contribution in [0.4, 0.5) is 5.82 Å². The van der Waals surface area contributed by atoms with Crippen LogP contribution in [0.25, 0.3) is 11.2 Å². The lowest BCUT2D eigenvalue weighted by Crippen LogP contribution is -2.46. The summed E-state index contributed by atoms with van der Waals surface area (Å²) in [5.41, 5.74) is 9.06. The van der Waals surface area contributed by atoms with Gasteiger partial charge in [-0.2, -0.15) is 4.31 Å². The number of amides is 2. The second-order valence-electron chi connectivity index (χ2n) is 17.7. The molecular formula is C41H62N7O17P3S. The highest BCUT2D eigenvalue weighted by molar-refractivity contribution is 8.14. The van der Waals surface area contributed by atoms with Crippen LogP contribution in [0.2, 0.25) is 0 Å². The third-order valence-corrected chi connectivity index (χ3v) is 14.8. The molecule has 4 rings (SSSR count). The van der Waals surface area contributed by atoms with Crippen molar-refractivity contribution >= 4 is 69.1 Å². The first-order chi connectivity index (χ1) is 32.0. The van der Waals surface area contributed by atoms with E-state index >= 15 is 0 Å². The number of nitrogens with two attached hydrogens (primary N) is 1. The number of carbonyl (C=O) groups excluding carboxylic acids is 3. The maximum atomic E-state index is 12.8. The molecule has 1 aliphatic heterocycles. The van der Waals surface area contributed by atoms with Crippen LogP contribution in [0, 0.1) is 10.8 Å². The van der Waals surface area contributed by atoms with E-state index in [2.05, 4.69) is 67.3 Å². The zero-order valence-corrected chi connectivity index (χ0v) is 42.7. The molecule has 2 aliphatic rings. The molecule has 0 radical (unpaired) electrons. The molecule has 1 fully saturated rings. The standard InChI is InChI=1S/C41H62N7O17P3S/c1-25(13-14-28-27(3)12-9-16-40(28,4)5)10-8-11-26(2)20-31(50)69-19-18-43-30(49)15-17-44-38(53)35(52)41(6,7)22-62-68(59,60)65-67(57,58)61-21-29-34(64-66(54,55)56)33(51)39(63-29)48-24-47-32-36(42)45-23-46-37(32)48/h8,10-11,13-14,20,23-24,29,33-35,39,51-52H,9,12,15-19,21-22H2,1-7H3,(H,43,49)(H,44,53)(H,57,58)(H,59,60)(H2,42,45,46)(H2,54,55,56)/b11-8+,14-13+,25-10+,26-20+. The minimum absolute atomic E-state index is 0.0282. The maximum Gasteiger partial charge on any atom is 0.481 e. The van der Waals surface area contributed by atoms with Gasteiger partial charge in [-0.3, -0.25) is 32.5 Å². The first-order valence-electron chi connectivity index (χ1n) is 21.5. The fourth-order valence-electron chi connectivity index (χ4n) is 7.19. The average molecular weight is 1050 g/mol. The number of fused-ring (bicyclic) bond motifs is 1. The molecule has 2 aromatic heterocycles. The van der Waals surface area contributed by atoms with Crippen molar-refractivity contribution in [3.05, 3.63) is 71.4 Å². The quantitative estimate of drug-likeness (QED) is 0.0308. The van der Waals surface area contributed by atoms with Gasteiger partial charge < -0.3 is 50.9 Å². The number of aromatic nitrogens is 4. The number of aliphatic hydroxyl groups excluding tert-OH is 2. The minimum Gasteiger partial charge on any atom is -0.386 e. The summed E-state index contributed by atoms with van der Waals surface area (Å²) in [4.78, 5) is 88.7. The molecule has 1 aliphatic carbocycles. The Balaban J connectivity index is 1.16. The molecule has 0 saturated carbocycles. The number of nitrogen functional groups attached to an aromatic ring is 1. The van der Waals surface area contributed by atoms with Crippen molar-refractivity contribution in [2.45, 2.75) is 105 Å². The van der Waals surface area contributed by atoms with Gasteiger partial charge in [0.15, 0.2) is 17.7 Å². The average Bonchev–Trinajstić information content (AvgIpc) is 3.80. The monoisotopic (exact) mass is 1050 g/mol. The predicted octanol–water partition coefficient (Wildman–Crippen LogP) is 4.20. The first kappa shape index (κ1) is 57.8. The van der Waals surface area contributed by atoms with E-state index < -0.39 is 84.6 Å². The van der Waals surface area contributed by atoms with Gasteiger partial charge in [0, 0.05) is 30.7 Å². The van der Waals surface area contributed by atoms with E-state index in [-0.39, 0.29) is 52.8 Å². The summed E-state index contributed by atoms with van der Waals surface area (Å²) in [5, 5.41) is 26.4. The molecule has 3 heterocycles. The number of thioether (sulfide) groups is 1. The number of ether oxygens (including phenoxy) is 1. The Labute approximate surface area is 403 Å². The van der Waals surface area contributed by atoms with Gasteiger partial charge in [-0.05, 0) is 62.7 Å². The van der Waals surface area contributed by atoms with E-state index in [1.807, 2.05) is 32.1 Å². The normalized spacial score (nSPS) is 22.8. The van der Waals surface area contributed by atoms with Crippen molar-refractivity contribution in [1.29, 1.82) is 0 Å². The lowest BCUT2D eigenvalue weighted by atomic mass is 9.72. The van der Waals surface area contributed by atoms with Crippen LogP contribution in [-0.4, -0.2) is 123 Å². The van der Waals surface area contributed by atoms with Crippen molar-refractivity contribution in [3.63, 3.8) is 0 Å². The first-order valence-corrected chi connectivity index (χ1v) is 27.0. The molecule has 2 aromatic rings. The van der Waals surface area contributed by atoms with Gasteiger partial charge in [0.25, 0.3) is 0 Å². The molecule has 2 amide bonds. The fraction of sp³-hybridized carbons (Fsp3) is 0.561. The Kier molecular flexibility index (Phi) is 20.6. The Hall–Kier alpha value is -3.74. The van der Waals surface area contributed by atoms with E-state index in [1.54, 1.807) is 0 Å². The number of carbonyl (C=O) groups is 3. The highest BCUT2D eigenvalue weighted by Gasteiger charge is 2.50. The number of hydrogen-bond acceptors (Lipinski definition) is 18. The molecule has 69 heavy (non-hydrogen) atoms. The van der Waals surface area contributed by atoms with Crippen molar-refractivity contribution in [2.24, 2.45) is 10.8 Å². The molecule has 24 nitrogen and oxygen atoms in total. The van der Waals surface area contributed by atoms with Crippen molar-refractivity contribution in [1.82, 2.24) is 30.2 Å². The molecule has 1 saturated heterocycles. The topological polar surface area (TPSA) is 364 Å². The van der Waals surface area contributed by atoms with Gasteiger partial charge in [0.2, 0.25) is 16.9 Å². The number of aliphatic hydroxyl groups is 2. The maximum absolute atomic E-state index is 12.8. The molecule has 0 spiro atoms. The van der Waals surface area contributed by atoms with Crippen LogP contribution in [0.1, 0.15) is 80.4 Å². The van der Waals surface area contributed by atoms with Gasteiger partial charge in [-0.1, -0.05) is 81.0 Å². The summed E-state index contributed by atoms with van der Waals surface area (Å²) in [7, 11) is -16.4. The number of phosphoric acid groups is 3. The van der Waals surface area contributed by atoms with Crippen LogP contribution >= 0.6 is 35.2 Å². The third-order valence-electron chi connectivity index (χ3n) is 10.9.